The second-order valence-corrected chi connectivity index (χ2v) is 8.19. The Kier molecular flexibility index (Phi) is 2.91. The van der Waals surface area contributed by atoms with Gasteiger partial charge in [0.05, 0.1) is 0 Å². The van der Waals surface area contributed by atoms with Crippen LogP contribution < -0.4 is 0 Å². The van der Waals surface area contributed by atoms with E-state index in [9.17, 15) is 0 Å². The Hall–Kier alpha value is -1.65. The van der Waals surface area contributed by atoms with E-state index >= 15 is 0 Å². The number of hydrogen-bond donors (Lipinski definition) is 0. The average Bonchev–Trinajstić information content (AvgIpc) is 2.98. The van der Waals surface area contributed by atoms with E-state index < -0.39 is 0 Å². The van der Waals surface area contributed by atoms with Crippen molar-refractivity contribution in [1.29, 1.82) is 0 Å². The SMILES string of the molecule is CC1=C[P@@]2CC1(C)C(c1ccccc1)=C2c1ccccc1. The van der Waals surface area contributed by atoms with Crippen molar-refractivity contribution in [1.82, 2.24) is 0 Å². The van der Waals surface area contributed by atoms with Gasteiger partial charge >= 0.3 is 0 Å². The molecule has 0 nitrogen and oxygen atoms in total. The van der Waals surface area contributed by atoms with Crippen LogP contribution >= 0.6 is 7.92 Å². The van der Waals surface area contributed by atoms with Gasteiger partial charge in [0.25, 0.3) is 0 Å². The van der Waals surface area contributed by atoms with Crippen molar-refractivity contribution in [3.63, 3.8) is 0 Å². The molecule has 1 heteroatoms. The van der Waals surface area contributed by atoms with Gasteiger partial charge in [-0.15, -0.1) is 0 Å². The summed E-state index contributed by atoms with van der Waals surface area (Å²) in [5.41, 5.74) is 6.18. The van der Waals surface area contributed by atoms with Crippen LogP contribution in [0.2, 0.25) is 0 Å². The molecule has 2 aliphatic heterocycles. The lowest BCUT2D eigenvalue weighted by Crippen LogP contribution is -2.18. The molecule has 0 saturated carbocycles. The number of benzene rings is 2. The van der Waals surface area contributed by atoms with Crippen molar-refractivity contribution in [3.8, 4) is 0 Å². The van der Waals surface area contributed by atoms with Gasteiger partial charge in [0.15, 0.2) is 0 Å². The molecule has 0 radical (unpaired) electrons. The van der Waals surface area contributed by atoms with Crippen LogP contribution in [0.25, 0.3) is 10.9 Å². The van der Waals surface area contributed by atoms with E-state index in [2.05, 4.69) is 80.3 Å². The van der Waals surface area contributed by atoms with Crippen LogP contribution in [0.3, 0.4) is 0 Å². The van der Waals surface area contributed by atoms with Crippen molar-refractivity contribution < 1.29 is 0 Å². The topological polar surface area (TPSA) is 0 Å². The van der Waals surface area contributed by atoms with Crippen molar-refractivity contribution in [3.05, 3.63) is 83.2 Å². The van der Waals surface area contributed by atoms with Gasteiger partial charge in [0.2, 0.25) is 0 Å². The Morgan fingerprint density at radius 2 is 1.43 bits per heavy atom. The lowest BCUT2D eigenvalue weighted by molar-refractivity contribution is 0.631. The Bertz CT molecular complexity index is 740. The van der Waals surface area contributed by atoms with E-state index in [1.165, 1.54) is 17.3 Å². The minimum atomic E-state index is -0.142. The van der Waals surface area contributed by atoms with E-state index in [1.807, 2.05) is 0 Å². The first-order chi connectivity index (χ1) is 10.2. The van der Waals surface area contributed by atoms with Gasteiger partial charge in [-0.2, -0.15) is 0 Å². The van der Waals surface area contributed by atoms with Gasteiger partial charge < -0.3 is 0 Å². The summed E-state index contributed by atoms with van der Waals surface area (Å²) in [5, 5.41) is 1.60. The molecule has 0 aliphatic carbocycles. The molecule has 0 N–H and O–H groups in total. The molecule has 1 unspecified atom stereocenters. The number of fused-ring (bicyclic) bond motifs is 2. The van der Waals surface area contributed by atoms with Gasteiger partial charge in [0, 0.05) is 5.41 Å². The molecule has 0 saturated heterocycles. The molecule has 2 bridgehead atoms. The van der Waals surface area contributed by atoms with E-state index in [1.54, 1.807) is 16.5 Å². The van der Waals surface area contributed by atoms with E-state index in [4.69, 9.17) is 0 Å². The van der Waals surface area contributed by atoms with Crippen LogP contribution in [-0.4, -0.2) is 6.16 Å². The van der Waals surface area contributed by atoms with Crippen LogP contribution in [0.1, 0.15) is 25.0 Å². The maximum absolute atomic E-state index is 2.55. The third kappa shape index (κ3) is 1.86. The Balaban J connectivity index is 1.98. The van der Waals surface area contributed by atoms with Crippen LogP contribution in [0, 0.1) is 5.41 Å². The van der Waals surface area contributed by atoms with Crippen molar-refractivity contribution in [2.45, 2.75) is 13.8 Å². The standard InChI is InChI=1S/C20H19P/c1-15-13-21-14-20(15,2)18(16-9-5-3-6-10-16)19(21)17-11-7-4-8-12-17/h3-13H,14H2,1-2H3/t20?,21-/m0/s1. The highest BCUT2D eigenvalue weighted by Gasteiger charge is 2.47. The fourth-order valence-electron chi connectivity index (χ4n) is 3.68. The molecule has 2 atom stereocenters. The summed E-state index contributed by atoms with van der Waals surface area (Å²) in [6.07, 6.45) is 1.29. The third-order valence-electron chi connectivity index (χ3n) is 4.89. The van der Waals surface area contributed by atoms with Crippen molar-refractivity contribution in [2.24, 2.45) is 5.41 Å². The first-order valence-corrected chi connectivity index (χ1v) is 9.11. The molecular weight excluding hydrogens is 271 g/mol. The highest BCUT2D eigenvalue weighted by Crippen LogP contribution is 2.74. The number of hydrogen-bond acceptors (Lipinski definition) is 0. The fourth-order valence-corrected chi connectivity index (χ4v) is 7.04. The summed E-state index contributed by atoms with van der Waals surface area (Å²) < 4.78 is 0. The molecule has 2 heterocycles. The van der Waals surface area contributed by atoms with Crippen LogP contribution in [0.4, 0.5) is 0 Å². The molecule has 0 aromatic heterocycles. The Morgan fingerprint density at radius 3 is 2.05 bits per heavy atom. The van der Waals surface area contributed by atoms with E-state index in [0.29, 0.717) is 0 Å². The van der Waals surface area contributed by atoms with Crippen molar-refractivity contribution in [2.75, 3.05) is 6.16 Å². The minimum absolute atomic E-state index is 0.142. The number of rotatable bonds is 2. The highest BCUT2D eigenvalue weighted by molar-refractivity contribution is 7.72. The molecule has 4 rings (SSSR count). The zero-order chi connectivity index (χ0) is 14.4. The predicted octanol–water partition coefficient (Wildman–Crippen LogP) is 5.97. The zero-order valence-electron chi connectivity index (χ0n) is 12.5. The molecule has 21 heavy (non-hydrogen) atoms. The first-order valence-electron chi connectivity index (χ1n) is 7.51. The quantitative estimate of drug-likeness (QED) is 0.597. The maximum atomic E-state index is 2.55. The van der Waals surface area contributed by atoms with Gasteiger partial charge in [-0.25, -0.2) is 0 Å². The largest absolute Gasteiger partial charge is 0.0622 e. The first kappa shape index (κ1) is 13.0. The molecule has 2 aromatic rings. The summed E-state index contributed by atoms with van der Waals surface area (Å²) in [6.45, 7) is 4.74. The molecule has 104 valence electrons. The van der Waals surface area contributed by atoms with Crippen LogP contribution in [0.5, 0.6) is 0 Å². The van der Waals surface area contributed by atoms with Crippen LogP contribution in [-0.2, 0) is 0 Å². The second-order valence-electron chi connectivity index (χ2n) is 6.23. The molecule has 0 amide bonds. The second kappa shape index (κ2) is 4.68. The Labute approximate surface area is 128 Å². The average molecular weight is 290 g/mol. The van der Waals surface area contributed by atoms with Crippen molar-refractivity contribution >= 4 is 18.8 Å². The number of allylic oxidation sites excluding steroid dienone is 2. The Morgan fingerprint density at radius 1 is 0.857 bits per heavy atom. The molecular formula is C20H19P. The highest BCUT2D eigenvalue weighted by atomic mass is 31.1. The normalized spacial score (nSPS) is 27.1. The van der Waals surface area contributed by atoms with Crippen LogP contribution in [0.15, 0.2) is 72.1 Å². The fraction of sp³-hybridized carbons (Fsp3) is 0.200. The molecule has 2 aromatic carbocycles. The smallest absolute Gasteiger partial charge is 0.0192 e. The summed E-state index contributed by atoms with van der Waals surface area (Å²) in [6, 6.07) is 21.9. The monoisotopic (exact) mass is 290 g/mol. The van der Waals surface area contributed by atoms with E-state index in [0.717, 1.165) is 0 Å². The summed E-state index contributed by atoms with van der Waals surface area (Å²) in [7, 11) is -0.142. The van der Waals surface area contributed by atoms with E-state index in [-0.39, 0.29) is 13.3 Å². The summed E-state index contributed by atoms with van der Waals surface area (Å²) in [4.78, 5) is 0. The maximum Gasteiger partial charge on any atom is 0.0192 e. The van der Waals surface area contributed by atoms with Gasteiger partial charge in [0.1, 0.15) is 0 Å². The van der Waals surface area contributed by atoms with Gasteiger partial charge in [-0.05, 0) is 43.0 Å². The summed E-state index contributed by atoms with van der Waals surface area (Å²) >= 11 is 0. The van der Waals surface area contributed by atoms with Gasteiger partial charge in [-0.1, -0.05) is 79.0 Å². The zero-order valence-corrected chi connectivity index (χ0v) is 13.4. The van der Waals surface area contributed by atoms with Gasteiger partial charge in [-0.3, -0.25) is 0 Å². The predicted molar refractivity (Wildman–Crippen MR) is 93.3 cm³/mol. The third-order valence-corrected chi connectivity index (χ3v) is 7.62. The lowest BCUT2D eigenvalue weighted by atomic mass is 9.75. The molecule has 2 aliphatic rings. The summed E-state index contributed by atoms with van der Waals surface area (Å²) in [5.74, 6) is 2.55. The lowest BCUT2D eigenvalue weighted by Gasteiger charge is -2.29. The molecule has 0 fully saturated rings. The molecule has 0 spiro atoms. The minimum Gasteiger partial charge on any atom is -0.0622 e.